The standard InChI is InChI=1S/C12H18N2O2/c1-12(2,8-13)11(16)14-10-5-3-4-9(6-10)7-15/h3-6,15H,7-8,13H2,1-2H3,(H,14,16). The van der Waals surface area contributed by atoms with Crippen LogP contribution in [0.4, 0.5) is 5.69 Å². The zero-order valence-electron chi connectivity index (χ0n) is 9.66. The van der Waals surface area contributed by atoms with Crippen molar-refractivity contribution in [2.75, 3.05) is 11.9 Å². The highest BCUT2D eigenvalue weighted by Gasteiger charge is 2.25. The van der Waals surface area contributed by atoms with E-state index in [1.165, 1.54) is 0 Å². The van der Waals surface area contributed by atoms with E-state index in [1.807, 2.05) is 0 Å². The lowest BCUT2D eigenvalue weighted by Crippen LogP contribution is -2.37. The minimum Gasteiger partial charge on any atom is -0.392 e. The number of benzene rings is 1. The molecule has 1 aromatic carbocycles. The van der Waals surface area contributed by atoms with Crippen molar-refractivity contribution in [3.63, 3.8) is 0 Å². The van der Waals surface area contributed by atoms with E-state index < -0.39 is 5.41 Å². The largest absolute Gasteiger partial charge is 0.392 e. The molecule has 0 aliphatic rings. The summed E-state index contributed by atoms with van der Waals surface area (Å²) in [5.41, 5.74) is 6.37. The number of hydrogen-bond acceptors (Lipinski definition) is 3. The fourth-order valence-electron chi connectivity index (χ4n) is 1.14. The average Bonchev–Trinajstić information content (AvgIpc) is 2.29. The Balaban J connectivity index is 2.77. The molecular weight excluding hydrogens is 204 g/mol. The molecule has 0 saturated carbocycles. The van der Waals surface area contributed by atoms with Crippen LogP contribution in [-0.4, -0.2) is 17.6 Å². The van der Waals surface area contributed by atoms with Gasteiger partial charge >= 0.3 is 0 Å². The van der Waals surface area contributed by atoms with Crippen LogP contribution in [-0.2, 0) is 11.4 Å². The van der Waals surface area contributed by atoms with Gasteiger partial charge in [0.15, 0.2) is 0 Å². The second-order valence-electron chi connectivity index (χ2n) is 4.40. The molecule has 4 N–H and O–H groups in total. The third-order valence-corrected chi connectivity index (χ3v) is 2.49. The number of nitrogens with one attached hydrogen (secondary N) is 1. The number of aliphatic hydroxyl groups excluding tert-OH is 1. The van der Waals surface area contributed by atoms with Crippen LogP contribution in [0.15, 0.2) is 24.3 Å². The van der Waals surface area contributed by atoms with E-state index in [4.69, 9.17) is 10.8 Å². The molecule has 4 heteroatoms. The van der Waals surface area contributed by atoms with E-state index >= 15 is 0 Å². The quantitative estimate of drug-likeness (QED) is 0.714. The van der Waals surface area contributed by atoms with Crippen LogP contribution >= 0.6 is 0 Å². The minimum atomic E-state index is -0.588. The monoisotopic (exact) mass is 222 g/mol. The first-order chi connectivity index (χ1) is 7.49. The molecule has 0 aromatic heterocycles. The molecule has 0 fully saturated rings. The molecule has 0 bridgehead atoms. The molecule has 1 rings (SSSR count). The zero-order valence-corrected chi connectivity index (χ0v) is 9.66. The molecule has 0 radical (unpaired) electrons. The Morgan fingerprint density at radius 2 is 2.19 bits per heavy atom. The highest BCUT2D eigenvalue weighted by Crippen LogP contribution is 2.17. The average molecular weight is 222 g/mol. The van der Waals surface area contributed by atoms with Gasteiger partial charge in [-0.3, -0.25) is 4.79 Å². The predicted octanol–water partition coefficient (Wildman–Crippen LogP) is 1.10. The van der Waals surface area contributed by atoms with Gasteiger partial charge in [0, 0.05) is 12.2 Å². The molecule has 0 unspecified atom stereocenters. The number of nitrogens with two attached hydrogens (primary N) is 1. The van der Waals surface area contributed by atoms with Crippen molar-refractivity contribution >= 4 is 11.6 Å². The summed E-state index contributed by atoms with van der Waals surface area (Å²) in [6, 6.07) is 7.11. The molecule has 4 nitrogen and oxygen atoms in total. The molecule has 1 amide bonds. The van der Waals surface area contributed by atoms with E-state index in [0.717, 1.165) is 5.56 Å². The fourth-order valence-corrected chi connectivity index (χ4v) is 1.14. The van der Waals surface area contributed by atoms with Gasteiger partial charge in [-0.25, -0.2) is 0 Å². The van der Waals surface area contributed by atoms with Crippen molar-refractivity contribution in [2.45, 2.75) is 20.5 Å². The third-order valence-electron chi connectivity index (χ3n) is 2.49. The van der Waals surface area contributed by atoms with Gasteiger partial charge in [-0.15, -0.1) is 0 Å². The molecule has 0 saturated heterocycles. The van der Waals surface area contributed by atoms with Crippen LogP contribution in [0.2, 0.25) is 0 Å². The Morgan fingerprint density at radius 1 is 1.50 bits per heavy atom. The fraction of sp³-hybridized carbons (Fsp3) is 0.417. The van der Waals surface area contributed by atoms with Gasteiger partial charge in [0.25, 0.3) is 0 Å². The van der Waals surface area contributed by atoms with Gasteiger partial charge in [0.2, 0.25) is 5.91 Å². The maximum atomic E-state index is 11.8. The first-order valence-corrected chi connectivity index (χ1v) is 5.21. The van der Waals surface area contributed by atoms with E-state index in [0.29, 0.717) is 12.2 Å². The van der Waals surface area contributed by atoms with Gasteiger partial charge < -0.3 is 16.2 Å². The summed E-state index contributed by atoms with van der Waals surface area (Å²) in [6.45, 7) is 3.83. The van der Waals surface area contributed by atoms with Gasteiger partial charge in [-0.05, 0) is 31.5 Å². The highest BCUT2D eigenvalue weighted by atomic mass is 16.3. The lowest BCUT2D eigenvalue weighted by atomic mass is 9.92. The van der Waals surface area contributed by atoms with Crippen LogP contribution in [0.3, 0.4) is 0 Å². The number of amides is 1. The summed E-state index contributed by atoms with van der Waals surface area (Å²) in [5, 5.41) is 11.7. The maximum Gasteiger partial charge on any atom is 0.231 e. The number of carbonyl (C=O) groups excluding carboxylic acids is 1. The van der Waals surface area contributed by atoms with Crippen molar-refractivity contribution in [1.82, 2.24) is 0 Å². The van der Waals surface area contributed by atoms with Crippen molar-refractivity contribution in [1.29, 1.82) is 0 Å². The maximum absolute atomic E-state index is 11.8. The van der Waals surface area contributed by atoms with Crippen LogP contribution in [0.5, 0.6) is 0 Å². The number of rotatable bonds is 4. The normalized spacial score (nSPS) is 11.2. The van der Waals surface area contributed by atoms with E-state index in [9.17, 15) is 4.79 Å². The Hall–Kier alpha value is -1.39. The summed E-state index contributed by atoms with van der Waals surface area (Å²) in [4.78, 5) is 11.8. The van der Waals surface area contributed by atoms with Crippen LogP contribution < -0.4 is 11.1 Å². The molecular formula is C12H18N2O2. The molecule has 88 valence electrons. The molecule has 0 aliphatic heterocycles. The molecule has 1 aromatic rings. The van der Waals surface area contributed by atoms with Crippen LogP contribution in [0.1, 0.15) is 19.4 Å². The van der Waals surface area contributed by atoms with E-state index in [-0.39, 0.29) is 12.5 Å². The third kappa shape index (κ3) is 3.05. The summed E-state index contributed by atoms with van der Waals surface area (Å²) < 4.78 is 0. The Labute approximate surface area is 95.5 Å². The summed E-state index contributed by atoms with van der Waals surface area (Å²) >= 11 is 0. The molecule has 16 heavy (non-hydrogen) atoms. The van der Waals surface area contributed by atoms with E-state index in [1.54, 1.807) is 38.1 Å². The summed E-state index contributed by atoms with van der Waals surface area (Å²) in [6.07, 6.45) is 0. The summed E-state index contributed by atoms with van der Waals surface area (Å²) in [7, 11) is 0. The van der Waals surface area contributed by atoms with Gasteiger partial charge in [0.05, 0.1) is 12.0 Å². The number of aliphatic hydroxyl groups is 1. The first kappa shape index (κ1) is 12.7. The number of anilines is 1. The predicted molar refractivity (Wildman–Crippen MR) is 63.8 cm³/mol. The second kappa shape index (κ2) is 5.09. The Morgan fingerprint density at radius 3 is 2.75 bits per heavy atom. The highest BCUT2D eigenvalue weighted by molar-refractivity contribution is 5.95. The minimum absolute atomic E-state index is 0.0377. The van der Waals surface area contributed by atoms with E-state index in [2.05, 4.69) is 5.32 Å². The lowest BCUT2D eigenvalue weighted by molar-refractivity contribution is -0.123. The van der Waals surface area contributed by atoms with Gasteiger partial charge in [-0.2, -0.15) is 0 Å². The molecule has 0 aliphatic carbocycles. The smallest absolute Gasteiger partial charge is 0.231 e. The molecule has 0 heterocycles. The van der Waals surface area contributed by atoms with Gasteiger partial charge in [-0.1, -0.05) is 12.1 Å². The SMILES string of the molecule is CC(C)(CN)C(=O)Nc1cccc(CO)c1. The van der Waals surface area contributed by atoms with Crippen LogP contribution in [0, 0.1) is 5.41 Å². The number of hydrogen-bond donors (Lipinski definition) is 3. The molecule has 0 atom stereocenters. The van der Waals surface area contributed by atoms with Crippen molar-refractivity contribution in [2.24, 2.45) is 11.1 Å². The van der Waals surface area contributed by atoms with Crippen molar-refractivity contribution in [3.8, 4) is 0 Å². The second-order valence-corrected chi connectivity index (χ2v) is 4.40. The first-order valence-electron chi connectivity index (χ1n) is 5.21. The zero-order chi connectivity index (χ0) is 12.2. The lowest BCUT2D eigenvalue weighted by Gasteiger charge is -2.21. The Kier molecular flexibility index (Phi) is 4.04. The number of carbonyl (C=O) groups is 1. The Bertz CT molecular complexity index is 375. The summed E-state index contributed by atoms with van der Waals surface area (Å²) in [5.74, 6) is -0.120. The topological polar surface area (TPSA) is 75.4 Å². The van der Waals surface area contributed by atoms with Crippen molar-refractivity contribution in [3.05, 3.63) is 29.8 Å². The molecule has 0 spiro atoms. The van der Waals surface area contributed by atoms with Crippen LogP contribution in [0.25, 0.3) is 0 Å². The van der Waals surface area contributed by atoms with Gasteiger partial charge in [0.1, 0.15) is 0 Å². The van der Waals surface area contributed by atoms with Crippen molar-refractivity contribution < 1.29 is 9.90 Å².